The van der Waals surface area contributed by atoms with Crippen LogP contribution in [0.25, 0.3) is 0 Å². The molecule has 0 aliphatic heterocycles. The number of rotatable bonds is 7. The number of nitrogens with one attached hydrogen (secondary N) is 3. The van der Waals surface area contributed by atoms with Crippen molar-refractivity contribution in [3.63, 3.8) is 0 Å². The topological polar surface area (TPSA) is 87.3 Å². The fourth-order valence-corrected chi connectivity index (χ4v) is 2.72. The largest absolute Gasteiger partial charge is 0.355 e. The minimum Gasteiger partial charge on any atom is -0.355 e. The van der Waals surface area contributed by atoms with Crippen molar-refractivity contribution >= 4 is 23.4 Å². The first-order valence-electron chi connectivity index (χ1n) is 8.93. The van der Waals surface area contributed by atoms with Gasteiger partial charge in [-0.15, -0.1) is 0 Å². The Bertz CT molecular complexity index is 697. The molecule has 3 N–H and O–H groups in total. The normalized spacial score (nSPS) is 21.4. The highest BCUT2D eigenvalue weighted by molar-refractivity contribution is 5.98. The van der Waals surface area contributed by atoms with Crippen LogP contribution in [-0.4, -0.2) is 30.3 Å². The van der Waals surface area contributed by atoms with Crippen molar-refractivity contribution in [1.29, 1.82) is 0 Å². The van der Waals surface area contributed by atoms with Gasteiger partial charge in [-0.3, -0.25) is 14.4 Å². The number of benzene rings is 1. The quantitative estimate of drug-likeness (QED) is 0.707. The van der Waals surface area contributed by atoms with Crippen LogP contribution in [0.15, 0.2) is 18.2 Å². The van der Waals surface area contributed by atoms with E-state index < -0.39 is 0 Å². The summed E-state index contributed by atoms with van der Waals surface area (Å²) in [5, 5.41) is 8.57. The fraction of sp³-hybridized carbons (Fsp3) is 0.526. The zero-order valence-corrected chi connectivity index (χ0v) is 14.7. The number of carbonyl (C=O) groups excluding carboxylic acids is 3. The first kappa shape index (κ1) is 17.5. The number of aryl methyl sites for hydroxylation is 1. The maximum Gasteiger partial charge on any atom is 0.251 e. The summed E-state index contributed by atoms with van der Waals surface area (Å²) in [6.07, 6.45) is 3.22. The molecular weight excluding hydrogens is 318 g/mol. The molecule has 1 aromatic rings. The Morgan fingerprint density at radius 1 is 1.20 bits per heavy atom. The van der Waals surface area contributed by atoms with E-state index in [0.29, 0.717) is 29.8 Å². The highest BCUT2D eigenvalue weighted by Gasteiger charge is 2.38. The van der Waals surface area contributed by atoms with Gasteiger partial charge in [-0.25, -0.2) is 0 Å². The van der Waals surface area contributed by atoms with Gasteiger partial charge in [0.25, 0.3) is 5.91 Å². The second kappa shape index (κ2) is 7.25. The summed E-state index contributed by atoms with van der Waals surface area (Å²) in [5.41, 5.74) is 2.08. The second-order valence-electron chi connectivity index (χ2n) is 7.19. The molecule has 0 bridgehead atoms. The molecule has 1 aromatic carbocycles. The lowest BCUT2D eigenvalue weighted by Gasteiger charge is -2.11. The molecule has 6 nitrogen and oxygen atoms in total. The van der Waals surface area contributed by atoms with Crippen LogP contribution in [0.4, 0.5) is 5.69 Å². The minimum absolute atomic E-state index is 0.0372. The van der Waals surface area contributed by atoms with Gasteiger partial charge in [0.1, 0.15) is 0 Å². The van der Waals surface area contributed by atoms with E-state index in [4.69, 9.17) is 0 Å². The molecule has 0 saturated heterocycles. The zero-order valence-electron chi connectivity index (χ0n) is 14.7. The molecule has 2 aliphatic carbocycles. The second-order valence-corrected chi connectivity index (χ2v) is 7.19. The Morgan fingerprint density at radius 2 is 1.92 bits per heavy atom. The smallest absolute Gasteiger partial charge is 0.251 e. The lowest BCUT2D eigenvalue weighted by atomic mass is 10.1. The molecule has 0 radical (unpaired) electrons. The molecule has 0 spiro atoms. The molecule has 2 fully saturated rings. The molecule has 3 rings (SSSR count). The third-order valence-electron chi connectivity index (χ3n) is 4.78. The molecule has 3 amide bonds. The third kappa shape index (κ3) is 4.81. The summed E-state index contributed by atoms with van der Waals surface area (Å²) < 4.78 is 0. The van der Waals surface area contributed by atoms with E-state index in [1.54, 1.807) is 12.1 Å². The van der Waals surface area contributed by atoms with Gasteiger partial charge in [0.2, 0.25) is 11.8 Å². The zero-order chi connectivity index (χ0) is 18.0. The van der Waals surface area contributed by atoms with Crippen molar-refractivity contribution in [2.75, 3.05) is 11.9 Å². The minimum atomic E-state index is -0.174. The number of hydrogen-bond acceptors (Lipinski definition) is 3. The summed E-state index contributed by atoms with van der Waals surface area (Å²) in [6.45, 7) is 4.26. The van der Waals surface area contributed by atoms with Crippen LogP contribution < -0.4 is 16.0 Å². The van der Waals surface area contributed by atoms with E-state index in [2.05, 4.69) is 16.0 Å². The van der Waals surface area contributed by atoms with Crippen LogP contribution >= 0.6 is 0 Å². The summed E-state index contributed by atoms with van der Waals surface area (Å²) in [7, 11) is 0. The van der Waals surface area contributed by atoms with E-state index in [9.17, 15) is 14.4 Å². The summed E-state index contributed by atoms with van der Waals surface area (Å²) in [6, 6.07) is 5.59. The number of hydrogen-bond donors (Lipinski definition) is 3. The number of amides is 3. The van der Waals surface area contributed by atoms with Gasteiger partial charge in [-0.05, 0) is 49.8 Å². The van der Waals surface area contributed by atoms with Crippen LogP contribution in [0.1, 0.15) is 48.5 Å². The van der Waals surface area contributed by atoms with E-state index in [0.717, 1.165) is 24.8 Å². The molecule has 25 heavy (non-hydrogen) atoms. The summed E-state index contributed by atoms with van der Waals surface area (Å²) in [4.78, 5) is 36.0. The Labute approximate surface area is 147 Å². The Hall–Kier alpha value is -2.37. The molecule has 6 heteroatoms. The van der Waals surface area contributed by atoms with E-state index in [1.165, 1.54) is 0 Å². The average Bonchev–Trinajstić information content (AvgIpc) is 3.47. The molecule has 134 valence electrons. The van der Waals surface area contributed by atoms with Crippen LogP contribution in [0.3, 0.4) is 0 Å². The first-order valence-corrected chi connectivity index (χ1v) is 8.93. The van der Waals surface area contributed by atoms with Crippen molar-refractivity contribution < 1.29 is 14.4 Å². The van der Waals surface area contributed by atoms with Crippen LogP contribution in [-0.2, 0) is 9.59 Å². The van der Waals surface area contributed by atoms with Crippen LogP contribution in [0.5, 0.6) is 0 Å². The average molecular weight is 343 g/mol. The molecular formula is C19H25N3O3. The monoisotopic (exact) mass is 343 g/mol. The van der Waals surface area contributed by atoms with Crippen LogP contribution in [0, 0.1) is 18.8 Å². The first-order chi connectivity index (χ1) is 11.9. The predicted molar refractivity (Wildman–Crippen MR) is 95.2 cm³/mol. The van der Waals surface area contributed by atoms with Gasteiger partial charge < -0.3 is 16.0 Å². The lowest BCUT2D eigenvalue weighted by Crippen LogP contribution is -2.29. The highest BCUT2D eigenvalue weighted by Crippen LogP contribution is 2.37. The van der Waals surface area contributed by atoms with Gasteiger partial charge in [-0.2, -0.15) is 0 Å². The molecule has 0 unspecified atom stereocenters. The van der Waals surface area contributed by atoms with E-state index >= 15 is 0 Å². The van der Waals surface area contributed by atoms with Crippen molar-refractivity contribution in [1.82, 2.24) is 10.6 Å². The Kier molecular flexibility index (Phi) is 5.06. The summed E-state index contributed by atoms with van der Waals surface area (Å²) >= 11 is 0. The number of carbonyl (C=O) groups is 3. The number of anilines is 1. The molecule has 0 heterocycles. The maximum atomic E-state index is 12.1. The Balaban J connectivity index is 1.49. The van der Waals surface area contributed by atoms with Crippen molar-refractivity contribution in [2.45, 2.75) is 45.6 Å². The van der Waals surface area contributed by atoms with E-state index in [1.807, 2.05) is 19.9 Å². The fourth-order valence-electron chi connectivity index (χ4n) is 2.72. The lowest BCUT2D eigenvalue weighted by molar-refractivity contribution is -0.122. The van der Waals surface area contributed by atoms with Gasteiger partial charge in [0.05, 0.1) is 0 Å². The van der Waals surface area contributed by atoms with Gasteiger partial charge in [-0.1, -0.05) is 13.0 Å². The SMILES string of the molecule is Cc1ccc(C(=O)NC2CC2)cc1NC(=O)CCNC(=O)[C@@H]1C[C@H]1C. The van der Waals surface area contributed by atoms with Gasteiger partial charge >= 0.3 is 0 Å². The van der Waals surface area contributed by atoms with Gasteiger partial charge in [0.15, 0.2) is 0 Å². The maximum absolute atomic E-state index is 12.1. The molecule has 2 atom stereocenters. The van der Waals surface area contributed by atoms with Gasteiger partial charge in [0, 0.05) is 36.2 Å². The standard InChI is InChI=1S/C19H25N3O3/c1-11-3-4-13(18(24)21-14-5-6-14)10-16(11)22-17(23)7-8-20-19(25)15-9-12(15)2/h3-4,10,12,14-15H,5-9H2,1-2H3,(H,20,25)(H,21,24)(H,22,23)/t12-,15-/m1/s1. The van der Waals surface area contributed by atoms with Crippen molar-refractivity contribution in [3.8, 4) is 0 Å². The third-order valence-corrected chi connectivity index (χ3v) is 4.78. The Morgan fingerprint density at radius 3 is 2.56 bits per heavy atom. The van der Waals surface area contributed by atoms with Crippen molar-refractivity contribution in [2.24, 2.45) is 11.8 Å². The summed E-state index contributed by atoms with van der Waals surface area (Å²) in [5.74, 6) is 0.332. The van der Waals surface area contributed by atoms with Crippen LogP contribution in [0.2, 0.25) is 0 Å². The predicted octanol–water partition coefficient (Wildman–Crippen LogP) is 1.99. The van der Waals surface area contributed by atoms with E-state index in [-0.39, 0.29) is 30.1 Å². The molecule has 0 aromatic heterocycles. The highest BCUT2D eigenvalue weighted by atomic mass is 16.2. The van der Waals surface area contributed by atoms with Crippen molar-refractivity contribution in [3.05, 3.63) is 29.3 Å². The molecule has 2 aliphatic rings. The molecule has 2 saturated carbocycles.